The van der Waals surface area contributed by atoms with Gasteiger partial charge in [0.2, 0.25) is 0 Å². The second-order valence-corrected chi connectivity index (χ2v) is 5.72. The van der Waals surface area contributed by atoms with Crippen molar-refractivity contribution in [3.8, 4) is 0 Å². The highest BCUT2D eigenvalue weighted by Gasteiger charge is 2.30. The number of nitrogens with one attached hydrogen (secondary N) is 1. The van der Waals surface area contributed by atoms with Gasteiger partial charge in [-0.25, -0.2) is 0 Å². The molecule has 2 aliphatic rings. The molecule has 2 heterocycles. The maximum atomic E-state index is 3.51. The first-order valence-electron chi connectivity index (χ1n) is 6.65. The predicted molar refractivity (Wildman–Crippen MR) is 65.0 cm³/mol. The lowest BCUT2D eigenvalue weighted by Gasteiger charge is -2.41. The normalized spacial score (nSPS) is 43.4. The van der Waals surface area contributed by atoms with Crippen LogP contribution in [0.3, 0.4) is 0 Å². The van der Waals surface area contributed by atoms with Crippen molar-refractivity contribution in [1.82, 2.24) is 10.2 Å². The van der Waals surface area contributed by atoms with Crippen LogP contribution in [-0.2, 0) is 0 Å². The van der Waals surface area contributed by atoms with Crippen LogP contribution in [0.4, 0.5) is 0 Å². The molecule has 0 radical (unpaired) electrons. The van der Waals surface area contributed by atoms with Gasteiger partial charge in [0.05, 0.1) is 0 Å². The Bertz CT molecular complexity index is 195. The van der Waals surface area contributed by atoms with E-state index in [-0.39, 0.29) is 0 Å². The minimum absolute atomic E-state index is 0.807. The van der Waals surface area contributed by atoms with Crippen molar-refractivity contribution in [2.75, 3.05) is 19.6 Å². The second kappa shape index (κ2) is 4.84. The van der Waals surface area contributed by atoms with Crippen molar-refractivity contribution < 1.29 is 0 Å². The highest BCUT2D eigenvalue weighted by atomic mass is 15.2. The van der Waals surface area contributed by atoms with Crippen molar-refractivity contribution in [3.63, 3.8) is 0 Å². The summed E-state index contributed by atoms with van der Waals surface area (Å²) in [5.74, 6) is 1.75. The van der Waals surface area contributed by atoms with Crippen LogP contribution >= 0.6 is 0 Å². The molecule has 2 aliphatic heterocycles. The molecule has 15 heavy (non-hydrogen) atoms. The van der Waals surface area contributed by atoms with Gasteiger partial charge in [-0.05, 0) is 51.6 Å². The molecule has 0 aromatic carbocycles. The minimum Gasteiger partial charge on any atom is -0.316 e. The molecule has 1 N–H and O–H groups in total. The van der Waals surface area contributed by atoms with Gasteiger partial charge in [-0.1, -0.05) is 13.3 Å². The summed E-state index contributed by atoms with van der Waals surface area (Å²) in [6.07, 6.45) is 4.23. The fourth-order valence-corrected chi connectivity index (χ4v) is 3.21. The molecule has 88 valence electrons. The number of rotatable bonds is 2. The Labute approximate surface area is 94.4 Å². The molecule has 2 unspecified atom stereocenters. The fourth-order valence-electron chi connectivity index (χ4n) is 3.21. The Morgan fingerprint density at radius 2 is 1.73 bits per heavy atom. The predicted octanol–water partition coefficient (Wildman–Crippen LogP) is 2.10. The first-order chi connectivity index (χ1) is 7.18. The van der Waals surface area contributed by atoms with Crippen LogP contribution in [0.5, 0.6) is 0 Å². The topological polar surface area (TPSA) is 15.3 Å². The van der Waals surface area contributed by atoms with Crippen molar-refractivity contribution in [2.24, 2.45) is 11.8 Å². The summed E-state index contributed by atoms with van der Waals surface area (Å²) in [5, 5.41) is 3.51. The van der Waals surface area contributed by atoms with Gasteiger partial charge in [-0.3, -0.25) is 4.90 Å². The molecule has 0 aromatic heterocycles. The Kier molecular flexibility index (Phi) is 3.68. The molecule has 2 nitrogen and oxygen atoms in total. The third-order valence-corrected chi connectivity index (χ3v) is 4.50. The molecule has 2 saturated heterocycles. The van der Waals surface area contributed by atoms with Gasteiger partial charge >= 0.3 is 0 Å². The zero-order valence-corrected chi connectivity index (χ0v) is 10.5. The lowest BCUT2D eigenvalue weighted by atomic mass is 9.92. The van der Waals surface area contributed by atoms with Gasteiger partial charge in [0, 0.05) is 18.6 Å². The highest BCUT2D eigenvalue weighted by Crippen LogP contribution is 2.26. The third kappa shape index (κ3) is 2.54. The number of hydrogen-bond acceptors (Lipinski definition) is 2. The van der Waals surface area contributed by atoms with Gasteiger partial charge < -0.3 is 5.32 Å². The Morgan fingerprint density at radius 3 is 2.27 bits per heavy atom. The molecule has 4 atom stereocenters. The van der Waals surface area contributed by atoms with Gasteiger partial charge in [0.25, 0.3) is 0 Å². The van der Waals surface area contributed by atoms with E-state index >= 15 is 0 Å². The zero-order valence-electron chi connectivity index (χ0n) is 10.5. The molecule has 2 rings (SSSR count). The SMILES string of the molecule is CC1CCCC(C)N1C[C@@H]1CNC[C@H]1C. The van der Waals surface area contributed by atoms with E-state index < -0.39 is 0 Å². The van der Waals surface area contributed by atoms with Crippen LogP contribution in [0, 0.1) is 11.8 Å². The van der Waals surface area contributed by atoms with Crippen molar-refractivity contribution in [2.45, 2.75) is 52.1 Å². The van der Waals surface area contributed by atoms with E-state index in [2.05, 4.69) is 31.0 Å². The number of hydrogen-bond donors (Lipinski definition) is 1. The van der Waals surface area contributed by atoms with E-state index in [1.807, 2.05) is 0 Å². The maximum Gasteiger partial charge on any atom is 0.00698 e. The standard InChI is InChI=1S/C13H26N2/c1-10-7-14-8-13(10)9-15-11(2)5-4-6-12(15)3/h10-14H,4-9H2,1-3H3/t10-,11?,12?,13+/m1/s1. The molecule has 0 spiro atoms. The van der Waals surface area contributed by atoms with Crippen LogP contribution in [0.2, 0.25) is 0 Å². The van der Waals surface area contributed by atoms with Crippen molar-refractivity contribution >= 4 is 0 Å². The smallest absolute Gasteiger partial charge is 0.00698 e. The quantitative estimate of drug-likeness (QED) is 0.751. The van der Waals surface area contributed by atoms with Crippen molar-refractivity contribution in [3.05, 3.63) is 0 Å². The summed E-state index contributed by atoms with van der Waals surface area (Å²) < 4.78 is 0. The summed E-state index contributed by atoms with van der Waals surface area (Å²) in [5.41, 5.74) is 0. The number of nitrogens with zero attached hydrogens (tertiary/aromatic N) is 1. The summed E-state index contributed by atoms with van der Waals surface area (Å²) in [6, 6.07) is 1.61. The van der Waals surface area contributed by atoms with Gasteiger partial charge in [0.1, 0.15) is 0 Å². The fraction of sp³-hybridized carbons (Fsp3) is 1.00. The maximum absolute atomic E-state index is 3.51. The van der Waals surface area contributed by atoms with E-state index in [0.29, 0.717) is 0 Å². The van der Waals surface area contributed by atoms with E-state index in [1.165, 1.54) is 38.9 Å². The Balaban J connectivity index is 1.90. The molecule has 0 aliphatic carbocycles. The summed E-state index contributed by atoms with van der Waals surface area (Å²) in [6.45, 7) is 11.0. The summed E-state index contributed by atoms with van der Waals surface area (Å²) in [7, 11) is 0. The molecular formula is C13H26N2. The van der Waals surface area contributed by atoms with Crippen LogP contribution in [0.15, 0.2) is 0 Å². The number of piperidine rings is 1. The molecular weight excluding hydrogens is 184 g/mol. The first-order valence-corrected chi connectivity index (χ1v) is 6.65. The van der Waals surface area contributed by atoms with E-state index in [1.54, 1.807) is 0 Å². The molecule has 2 fully saturated rings. The number of likely N-dealkylation sites (tertiary alicyclic amines) is 1. The lowest BCUT2D eigenvalue weighted by molar-refractivity contribution is 0.0804. The Hall–Kier alpha value is -0.0800. The van der Waals surface area contributed by atoms with Gasteiger partial charge in [0.15, 0.2) is 0 Å². The van der Waals surface area contributed by atoms with E-state index in [0.717, 1.165) is 23.9 Å². The van der Waals surface area contributed by atoms with Crippen LogP contribution in [0.1, 0.15) is 40.0 Å². The van der Waals surface area contributed by atoms with E-state index in [4.69, 9.17) is 0 Å². The average Bonchev–Trinajstić information content (AvgIpc) is 2.58. The van der Waals surface area contributed by atoms with E-state index in [9.17, 15) is 0 Å². The Morgan fingerprint density at radius 1 is 1.07 bits per heavy atom. The van der Waals surface area contributed by atoms with Crippen LogP contribution < -0.4 is 5.32 Å². The first kappa shape index (κ1) is 11.4. The average molecular weight is 210 g/mol. The summed E-state index contributed by atoms with van der Waals surface area (Å²) >= 11 is 0. The zero-order chi connectivity index (χ0) is 10.8. The van der Waals surface area contributed by atoms with Crippen LogP contribution in [0.25, 0.3) is 0 Å². The van der Waals surface area contributed by atoms with Gasteiger partial charge in [-0.15, -0.1) is 0 Å². The lowest BCUT2D eigenvalue weighted by Crippen LogP contribution is -2.47. The summed E-state index contributed by atoms with van der Waals surface area (Å²) in [4.78, 5) is 2.75. The molecule has 0 saturated carbocycles. The van der Waals surface area contributed by atoms with Crippen LogP contribution in [-0.4, -0.2) is 36.6 Å². The molecule has 0 bridgehead atoms. The monoisotopic (exact) mass is 210 g/mol. The largest absolute Gasteiger partial charge is 0.316 e. The second-order valence-electron chi connectivity index (χ2n) is 5.72. The minimum atomic E-state index is 0.807. The highest BCUT2D eigenvalue weighted by molar-refractivity contribution is 4.86. The third-order valence-electron chi connectivity index (χ3n) is 4.50. The molecule has 2 heteroatoms. The van der Waals surface area contributed by atoms with Crippen molar-refractivity contribution in [1.29, 1.82) is 0 Å². The molecule has 0 amide bonds. The van der Waals surface area contributed by atoms with Gasteiger partial charge in [-0.2, -0.15) is 0 Å². The molecule has 0 aromatic rings.